The third-order valence-corrected chi connectivity index (χ3v) is 3.20. The highest BCUT2D eigenvalue weighted by Crippen LogP contribution is 2.28. The zero-order valence-electron chi connectivity index (χ0n) is 11.8. The number of carbonyl (C=O) groups excluding carboxylic acids is 2. The summed E-state index contributed by atoms with van der Waals surface area (Å²) in [7, 11) is 0. The maximum Gasteiger partial charge on any atom is 0.341 e. The number of hydrogen-bond donors (Lipinski definition) is 3. The van der Waals surface area contributed by atoms with E-state index < -0.39 is 49.1 Å². The molecule has 9 heteroatoms. The summed E-state index contributed by atoms with van der Waals surface area (Å²) in [5, 5.41) is 20.1. The van der Waals surface area contributed by atoms with Gasteiger partial charge in [-0.15, -0.1) is 0 Å². The number of carbonyl (C=O) groups is 4. The molecule has 3 N–H and O–H groups in total. The monoisotopic (exact) mass is 323 g/mol. The molecule has 1 aromatic carbocycles. The number of cyclic esters (lactones) is 1. The topological polar surface area (TPSA) is 139 Å². The van der Waals surface area contributed by atoms with Gasteiger partial charge in [0.25, 0.3) is 0 Å². The van der Waals surface area contributed by atoms with Crippen molar-refractivity contribution in [1.82, 2.24) is 0 Å². The minimum Gasteiger partial charge on any atom is -0.481 e. The average Bonchev–Trinajstić information content (AvgIpc) is 2.79. The van der Waals surface area contributed by atoms with Gasteiger partial charge in [0.05, 0.1) is 18.4 Å². The van der Waals surface area contributed by atoms with E-state index in [-0.39, 0.29) is 5.56 Å². The minimum absolute atomic E-state index is 0.0491. The lowest BCUT2D eigenvalue weighted by molar-refractivity contribution is -0.154. The Hall–Kier alpha value is -2.94. The molecule has 1 heterocycles. The van der Waals surface area contributed by atoms with Crippen LogP contribution in [0.2, 0.25) is 0 Å². The van der Waals surface area contributed by atoms with E-state index in [9.17, 15) is 19.2 Å². The number of aliphatic carboxylic acids is 1. The molecule has 1 aliphatic rings. The van der Waals surface area contributed by atoms with Crippen LogP contribution in [0.15, 0.2) is 24.3 Å². The lowest BCUT2D eigenvalue weighted by Gasteiger charge is -2.20. The molecule has 2 rings (SSSR count). The molecule has 1 unspecified atom stereocenters. The zero-order chi connectivity index (χ0) is 17.0. The van der Waals surface area contributed by atoms with Crippen LogP contribution in [0.25, 0.3) is 0 Å². The number of benzene rings is 1. The average molecular weight is 323 g/mol. The van der Waals surface area contributed by atoms with E-state index in [4.69, 9.17) is 14.9 Å². The van der Waals surface area contributed by atoms with Gasteiger partial charge in [0.2, 0.25) is 5.91 Å². The number of rotatable bonds is 6. The maximum absolute atomic E-state index is 12.0. The molecule has 0 saturated carbocycles. The quantitative estimate of drug-likeness (QED) is 0.641. The van der Waals surface area contributed by atoms with Crippen molar-refractivity contribution >= 4 is 29.5 Å². The van der Waals surface area contributed by atoms with E-state index >= 15 is 0 Å². The fourth-order valence-corrected chi connectivity index (χ4v) is 2.10. The molecule has 0 aliphatic carbocycles. The fraction of sp³-hybridized carbons (Fsp3) is 0.286. The number of hydrogen-bond acceptors (Lipinski definition) is 6. The predicted octanol–water partition coefficient (Wildman–Crippen LogP) is 0.458. The number of carboxylic acids is 2. The van der Waals surface area contributed by atoms with Crippen LogP contribution in [0.5, 0.6) is 0 Å². The summed E-state index contributed by atoms with van der Waals surface area (Å²) >= 11 is 0. The number of amides is 1. The number of esters is 1. The van der Waals surface area contributed by atoms with Crippen LogP contribution in [0.4, 0.5) is 5.69 Å². The van der Waals surface area contributed by atoms with E-state index in [0.29, 0.717) is 5.69 Å². The highest BCUT2D eigenvalue weighted by Gasteiger charge is 2.49. The number of carboxylic acid groups (broad SMARTS) is 2. The second-order valence-corrected chi connectivity index (χ2v) is 4.87. The molecule has 0 radical (unpaired) electrons. The number of nitrogens with one attached hydrogen (secondary N) is 1. The van der Waals surface area contributed by atoms with Crippen molar-refractivity contribution in [3.8, 4) is 0 Å². The molecule has 0 bridgehead atoms. The SMILES string of the molecule is O=C(O)CC1(CC(=O)Nc2ccc(C(=O)O)cc2)OCOC1=O. The Balaban J connectivity index is 2.06. The van der Waals surface area contributed by atoms with E-state index in [1.165, 1.54) is 24.3 Å². The number of aromatic carboxylic acids is 1. The Morgan fingerprint density at radius 2 is 1.78 bits per heavy atom. The Labute approximate surface area is 129 Å². The van der Waals surface area contributed by atoms with Gasteiger partial charge in [0.1, 0.15) is 0 Å². The summed E-state index contributed by atoms with van der Waals surface area (Å²) < 4.78 is 9.62. The van der Waals surface area contributed by atoms with Gasteiger partial charge in [-0.25, -0.2) is 9.59 Å². The fourth-order valence-electron chi connectivity index (χ4n) is 2.10. The first-order valence-corrected chi connectivity index (χ1v) is 6.48. The molecular formula is C14H13NO8. The normalized spacial score (nSPS) is 19.9. The summed E-state index contributed by atoms with van der Waals surface area (Å²) in [4.78, 5) is 45.3. The second kappa shape index (κ2) is 6.44. The van der Waals surface area contributed by atoms with Crippen LogP contribution in [-0.2, 0) is 23.9 Å². The van der Waals surface area contributed by atoms with Gasteiger partial charge >= 0.3 is 17.9 Å². The molecule has 1 amide bonds. The summed E-state index contributed by atoms with van der Waals surface area (Å²) in [5.74, 6) is -3.97. The van der Waals surface area contributed by atoms with Crippen molar-refractivity contribution in [2.24, 2.45) is 0 Å². The molecule has 1 aromatic rings. The van der Waals surface area contributed by atoms with Gasteiger partial charge in [-0.05, 0) is 24.3 Å². The first-order chi connectivity index (χ1) is 10.8. The van der Waals surface area contributed by atoms with Crippen LogP contribution in [0.1, 0.15) is 23.2 Å². The Kier molecular flexibility index (Phi) is 4.60. The van der Waals surface area contributed by atoms with Crippen molar-refractivity contribution in [2.45, 2.75) is 18.4 Å². The smallest absolute Gasteiger partial charge is 0.341 e. The van der Waals surface area contributed by atoms with Crippen LogP contribution >= 0.6 is 0 Å². The van der Waals surface area contributed by atoms with Crippen LogP contribution < -0.4 is 5.32 Å². The third-order valence-electron chi connectivity index (χ3n) is 3.20. The van der Waals surface area contributed by atoms with Gasteiger partial charge < -0.3 is 25.0 Å². The van der Waals surface area contributed by atoms with E-state index in [1.807, 2.05) is 0 Å². The Morgan fingerprint density at radius 1 is 1.13 bits per heavy atom. The molecule has 1 saturated heterocycles. The van der Waals surface area contributed by atoms with Gasteiger partial charge in [0, 0.05) is 5.69 Å². The zero-order valence-corrected chi connectivity index (χ0v) is 11.8. The molecule has 9 nitrogen and oxygen atoms in total. The van der Waals surface area contributed by atoms with Gasteiger partial charge in [-0.2, -0.15) is 0 Å². The summed E-state index contributed by atoms with van der Waals surface area (Å²) in [5.41, 5.74) is -1.50. The first-order valence-electron chi connectivity index (χ1n) is 6.48. The Morgan fingerprint density at radius 3 is 2.26 bits per heavy atom. The molecule has 0 spiro atoms. The molecule has 23 heavy (non-hydrogen) atoms. The highest BCUT2D eigenvalue weighted by atomic mass is 16.7. The summed E-state index contributed by atoms with van der Waals surface area (Å²) in [6.45, 7) is -0.410. The van der Waals surface area contributed by atoms with Gasteiger partial charge in [0.15, 0.2) is 12.4 Å². The van der Waals surface area contributed by atoms with E-state index in [0.717, 1.165) is 0 Å². The number of anilines is 1. The van der Waals surface area contributed by atoms with Gasteiger partial charge in [-0.1, -0.05) is 0 Å². The molecule has 1 fully saturated rings. The molecular weight excluding hydrogens is 310 g/mol. The first kappa shape index (κ1) is 16.4. The summed E-state index contributed by atoms with van der Waals surface area (Å²) in [6.07, 6.45) is -1.23. The van der Waals surface area contributed by atoms with Crippen LogP contribution in [-0.4, -0.2) is 46.4 Å². The van der Waals surface area contributed by atoms with Gasteiger partial charge in [-0.3, -0.25) is 9.59 Å². The van der Waals surface area contributed by atoms with Crippen molar-refractivity contribution in [1.29, 1.82) is 0 Å². The number of ether oxygens (including phenoxy) is 2. The molecule has 122 valence electrons. The van der Waals surface area contributed by atoms with E-state index in [1.54, 1.807) is 0 Å². The standard InChI is InChI=1S/C14H13NO8/c16-10(15-9-3-1-8(2-4-9)12(19)20)5-14(6-11(17)18)13(21)22-7-23-14/h1-4H,5-7H2,(H,15,16)(H,17,18)(H,19,20). The maximum atomic E-state index is 12.0. The van der Waals surface area contributed by atoms with Crippen molar-refractivity contribution in [3.63, 3.8) is 0 Å². The largest absolute Gasteiger partial charge is 0.481 e. The van der Waals surface area contributed by atoms with Crippen molar-refractivity contribution in [2.75, 3.05) is 12.1 Å². The third kappa shape index (κ3) is 3.83. The Bertz CT molecular complexity index is 653. The molecule has 1 atom stereocenters. The molecule has 1 aliphatic heterocycles. The second-order valence-electron chi connectivity index (χ2n) is 4.87. The predicted molar refractivity (Wildman–Crippen MR) is 73.7 cm³/mol. The lowest BCUT2D eigenvalue weighted by atomic mass is 9.95. The van der Waals surface area contributed by atoms with Crippen molar-refractivity contribution < 1.29 is 38.9 Å². The lowest BCUT2D eigenvalue weighted by Crippen LogP contribution is -2.42. The highest BCUT2D eigenvalue weighted by molar-refractivity contribution is 5.98. The molecule has 0 aromatic heterocycles. The van der Waals surface area contributed by atoms with Crippen LogP contribution in [0, 0.1) is 0 Å². The summed E-state index contributed by atoms with van der Waals surface area (Å²) in [6, 6.07) is 5.34. The van der Waals surface area contributed by atoms with E-state index in [2.05, 4.69) is 10.1 Å². The van der Waals surface area contributed by atoms with Crippen LogP contribution in [0.3, 0.4) is 0 Å². The van der Waals surface area contributed by atoms with Crippen molar-refractivity contribution in [3.05, 3.63) is 29.8 Å². The minimum atomic E-state index is -1.85.